The van der Waals surface area contributed by atoms with Crippen LogP contribution in [0.15, 0.2) is 51.5 Å². The van der Waals surface area contributed by atoms with Crippen molar-refractivity contribution in [1.29, 1.82) is 5.26 Å². The van der Waals surface area contributed by atoms with Crippen molar-refractivity contribution >= 4 is 17.7 Å². The minimum absolute atomic E-state index is 0.00237. The van der Waals surface area contributed by atoms with E-state index in [4.69, 9.17) is 8.83 Å². The number of carbonyl (C=O) groups is 2. The Balaban J connectivity index is 1.31. The number of rotatable bonds is 6. The first kappa shape index (κ1) is 22.1. The van der Waals surface area contributed by atoms with Crippen molar-refractivity contribution in [2.45, 2.75) is 19.4 Å². The molecular formula is C24H25N5O4. The Hall–Kier alpha value is -4.06. The van der Waals surface area contributed by atoms with Crippen LogP contribution in [0.2, 0.25) is 0 Å². The third-order valence-electron chi connectivity index (χ3n) is 5.67. The highest BCUT2D eigenvalue weighted by molar-refractivity contribution is 5.93. The molecule has 0 saturated carbocycles. The van der Waals surface area contributed by atoms with Gasteiger partial charge in [-0.3, -0.25) is 9.59 Å². The number of oxazole rings is 1. The highest BCUT2D eigenvalue weighted by atomic mass is 16.4. The number of nitrogens with zero attached hydrogens (tertiary/aromatic N) is 4. The van der Waals surface area contributed by atoms with Crippen molar-refractivity contribution in [3.05, 3.63) is 59.5 Å². The molecule has 0 atom stereocenters. The Morgan fingerprint density at radius 3 is 2.55 bits per heavy atom. The number of piperidine rings is 1. The van der Waals surface area contributed by atoms with Crippen LogP contribution in [0.3, 0.4) is 0 Å². The largest absolute Gasteiger partial charge is 0.459 e. The van der Waals surface area contributed by atoms with Crippen LogP contribution in [0.1, 0.15) is 34.5 Å². The van der Waals surface area contributed by atoms with Crippen molar-refractivity contribution in [2.24, 2.45) is 5.92 Å². The van der Waals surface area contributed by atoms with Gasteiger partial charge in [-0.2, -0.15) is 10.2 Å². The van der Waals surface area contributed by atoms with E-state index in [1.165, 1.54) is 11.2 Å². The highest BCUT2D eigenvalue weighted by Gasteiger charge is 2.29. The van der Waals surface area contributed by atoms with E-state index in [2.05, 4.69) is 16.4 Å². The predicted molar refractivity (Wildman–Crippen MR) is 120 cm³/mol. The summed E-state index contributed by atoms with van der Waals surface area (Å²) in [5.74, 6) is 0.970. The first-order valence-electron chi connectivity index (χ1n) is 10.7. The molecule has 0 spiro atoms. The first-order valence-corrected chi connectivity index (χ1v) is 10.7. The second-order valence-corrected chi connectivity index (χ2v) is 8.14. The number of hydrogen-bond donors (Lipinski definition) is 1. The summed E-state index contributed by atoms with van der Waals surface area (Å²) in [6, 6.07) is 12.8. The molecule has 3 aromatic rings. The van der Waals surface area contributed by atoms with Gasteiger partial charge in [-0.1, -0.05) is 12.1 Å². The molecule has 9 heteroatoms. The zero-order chi connectivity index (χ0) is 23.4. The zero-order valence-corrected chi connectivity index (χ0v) is 18.6. The molecule has 2 aromatic heterocycles. The maximum absolute atomic E-state index is 12.7. The summed E-state index contributed by atoms with van der Waals surface area (Å²) in [6.07, 6.45) is 2.81. The number of nitrogens with one attached hydrogen (secondary N) is 1. The predicted octanol–water partition coefficient (Wildman–Crippen LogP) is 3.04. The van der Waals surface area contributed by atoms with E-state index in [9.17, 15) is 14.9 Å². The van der Waals surface area contributed by atoms with Crippen LogP contribution in [0.5, 0.6) is 0 Å². The first-order chi connectivity index (χ1) is 16.0. The molecule has 1 saturated heterocycles. The number of furan rings is 1. The third kappa shape index (κ3) is 4.90. The number of aromatic nitrogens is 1. The quantitative estimate of drug-likeness (QED) is 0.617. The summed E-state index contributed by atoms with van der Waals surface area (Å²) in [5, 5.41) is 12.4. The van der Waals surface area contributed by atoms with E-state index in [0.717, 1.165) is 5.56 Å². The lowest BCUT2D eigenvalue weighted by Crippen LogP contribution is -2.40. The molecule has 0 unspecified atom stereocenters. The van der Waals surface area contributed by atoms with Gasteiger partial charge < -0.3 is 24.0 Å². The summed E-state index contributed by atoms with van der Waals surface area (Å²) < 4.78 is 11.1. The Morgan fingerprint density at radius 1 is 1.21 bits per heavy atom. The molecule has 9 nitrogen and oxygen atoms in total. The average molecular weight is 447 g/mol. The lowest BCUT2D eigenvalue weighted by molar-refractivity contribution is -0.125. The molecule has 2 amide bonds. The van der Waals surface area contributed by atoms with Gasteiger partial charge in [0, 0.05) is 45.2 Å². The smallest absolute Gasteiger partial charge is 0.266 e. The fraction of sp³-hybridized carbons (Fsp3) is 0.333. The number of benzene rings is 1. The molecule has 1 N–H and O–H groups in total. The number of anilines is 1. The average Bonchev–Trinajstić information content (AvgIpc) is 3.52. The van der Waals surface area contributed by atoms with Gasteiger partial charge >= 0.3 is 0 Å². The second-order valence-electron chi connectivity index (χ2n) is 8.14. The van der Waals surface area contributed by atoms with E-state index in [1.54, 1.807) is 38.4 Å². The SMILES string of the molecule is CN(C)C(=O)c1ccc(CNC(=O)C2CCN(c3oc(-c4ccco4)nc3C#N)CC2)cc1. The van der Waals surface area contributed by atoms with E-state index < -0.39 is 0 Å². The minimum Gasteiger partial charge on any atom is -0.459 e. The standard InChI is InChI=1S/C24H25N5O4/c1-28(2)23(31)18-7-5-16(6-8-18)15-26-21(30)17-9-11-29(12-10-17)24-19(14-25)27-22(33-24)20-4-3-13-32-20/h3-8,13,17H,9-12,15H2,1-2H3,(H,26,30). The molecule has 1 aromatic carbocycles. The van der Waals surface area contributed by atoms with Crippen LogP contribution in [-0.2, 0) is 11.3 Å². The molecule has 3 heterocycles. The van der Waals surface area contributed by atoms with Crippen LogP contribution in [-0.4, -0.2) is 48.9 Å². The van der Waals surface area contributed by atoms with Gasteiger partial charge in [0.25, 0.3) is 11.8 Å². The normalized spacial score (nSPS) is 14.0. The summed E-state index contributed by atoms with van der Waals surface area (Å²) in [7, 11) is 3.42. The molecule has 0 bridgehead atoms. The molecule has 0 aliphatic carbocycles. The monoisotopic (exact) mass is 447 g/mol. The van der Waals surface area contributed by atoms with Crippen LogP contribution in [0, 0.1) is 17.2 Å². The molecule has 33 heavy (non-hydrogen) atoms. The lowest BCUT2D eigenvalue weighted by atomic mass is 9.96. The minimum atomic E-state index is -0.117. The maximum Gasteiger partial charge on any atom is 0.266 e. The molecule has 170 valence electrons. The van der Waals surface area contributed by atoms with Gasteiger partial charge in [0.05, 0.1) is 6.26 Å². The number of hydrogen-bond acceptors (Lipinski definition) is 7. The Kier molecular flexibility index (Phi) is 6.45. The molecule has 1 aliphatic rings. The summed E-state index contributed by atoms with van der Waals surface area (Å²) in [4.78, 5) is 32.3. The fourth-order valence-corrected chi connectivity index (χ4v) is 3.81. The van der Waals surface area contributed by atoms with Gasteiger partial charge in [-0.05, 0) is 42.7 Å². The molecule has 1 aliphatic heterocycles. The van der Waals surface area contributed by atoms with Gasteiger partial charge in [0.2, 0.25) is 17.5 Å². The Morgan fingerprint density at radius 2 is 1.94 bits per heavy atom. The van der Waals surface area contributed by atoms with Crippen LogP contribution in [0.4, 0.5) is 5.88 Å². The van der Waals surface area contributed by atoms with E-state index in [-0.39, 0.29) is 29.3 Å². The number of nitriles is 1. The van der Waals surface area contributed by atoms with Crippen molar-refractivity contribution in [3.8, 4) is 17.7 Å². The van der Waals surface area contributed by atoms with E-state index in [0.29, 0.717) is 49.7 Å². The topological polar surface area (TPSA) is 116 Å². The fourth-order valence-electron chi connectivity index (χ4n) is 3.81. The van der Waals surface area contributed by atoms with Crippen LogP contribution >= 0.6 is 0 Å². The van der Waals surface area contributed by atoms with Crippen LogP contribution in [0.25, 0.3) is 11.7 Å². The van der Waals surface area contributed by atoms with Gasteiger partial charge in [-0.25, -0.2) is 0 Å². The van der Waals surface area contributed by atoms with Crippen molar-refractivity contribution in [1.82, 2.24) is 15.2 Å². The molecule has 1 fully saturated rings. The van der Waals surface area contributed by atoms with Gasteiger partial charge in [-0.15, -0.1) is 0 Å². The van der Waals surface area contributed by atoms with Crippen LogP contribution < -0.4 is 10.2 Å². The highest BCUT2D eigenvalue weighted by Crippen LogP contribution is 2.31. The summed E-state index contributed by atoms with van der Waals surface area (Å²) >= 11 is 0. The Labute approximate surface area is 191 Å². The van der Waals surface area contributed by atoms with E-state index in [1.807, 2.05) is 17.0 Å². The summed E-state index contributed by atoms with van der Waals surface area (Å²) in [5.41, 5.74) is 1.75. The second kappa shape index (κ2) is 9.61. The maximum atomic E-state index is 12.7. The Bertz CT molecular complexity index is 1150. The number of amides is 2. The van der Waals surface area contributed by atoms with E-state index >= 15 is 0 Å². The third-order valence-corrected chi connectivity index (χ3v) is 5.67. The summed E-state index contributed by atoms with van der Waals surface area (Å²) in [6.45, 7) is 1.57. The van der Waals surface area contributed by atoms with Gasteiger partial charge in [0.15, 0.2) is 5.76 Å². The zero-order valence-electron chi connectivity index (χ0n) is 18.6. The van der Waals surface area contributed by atoms with Gasteiger partial charge in [0.1, 0.15) is 6.07 Å². The molecular weight excluding hydrogens is 422 g/mol. The number of carbonyl (C=O) groups excluding carboxylic acids is 2. The van der Waals surface area contributed by atoms with Crippen molar-refractivity contribution in [2.75, 3.05) is 32.1 Å². The molecule has 0 radical (unpaired) electrons. The lowest BCUT2D eigenvalue weighted by Gasteiger charge is -2.31. The molecule has 4 rings (SSSR count). The van der Waals surface area contributed by atoms with Crippen molar-refractivity contribution < 1.29 is 18.4 Å². The van der Waals surface area contributed by atoms with Crippen molar-refractivity contribution in [3.63, 3.8) is 0 Å².